The number of amides is 1. The summed E-state index contributed by atoms with van der Waals surface area (Å²) in [6.45, 7) is 5.64. The summed E-state index contributed by atoms with van der Waals surface area (Å²) in [7, 11) is 0. The molecule has 0 atom stereocenters. The van der Waals surface area contributed by atoms with Gasteiger partial charge >= 0.3 is 0 Å². The number of carbonyl (C=O) groups excluding carboxylic acids is 1. The zero-order chi connectivity index (χ0) is 14.0. The number of aromatic amines is 2. The average molecular weight is 261 g/mol. The predicted octanol–water partition coefficient (Wildman–Crippen LogP) is 1.18. The zero-order valence-corrected chi connectivity index (χ0v) is 10.9. The molecule has 2 aromatic heterocycles. The molecule has 0 aromatic carbocycles. The Balaban J connectivity index is 2.18. The largest absolute Gasteiger partial charge is 0.326 e. The fourth-order valence-electron chi connectivity index (χ4n) is 1.58. The van der Waals surface area contributed by atoms with Crippen LogP contribution in [0.1, 0.15) is 41.6 Å². The van der Waals surface area contributed by atoms with Crippen molar-refractivity contribution >= 4 is 11.9 Å². The van der Waals surface area contributed by atoms with Crippen LogP contribution < -0.4 is 10.9 Å². The number of pyridine rings is 1. The van der Waals surface area contributed by atoms with Crippen molar-refractivity contribution in [1.82, 2.24) is 20.2 Å². The van der Waals surface area contributed by atoms with Gasteiger partial charge in [-0.15, -0.1) is 5.10 Å². The van der Waals surface area contributed by atoms with E-state index in [9.17, 15) is 9.59 Å². The molecule has 0 saturated heterocycles. The molecular formula is C12H15N5O2. The third kappa shape index (κ3) is 3.06. The number of aromatic nitrogens is 4. The Bertz CT molecular complexity index is 656. The van der Waals surface area contributed by atoms with Crippen LogP contribution in [0.5, 0.6) is 0 Å². The summed E-state index contributed by atoms with van der Waals surface area (Å²) in [6.07, 6.45) is 0. The molecule has 7 nitrogen and oxygen atoms in total. The van der Waals surface area contributed by atoms with E-state index in [1.165, 1.54) is 6.07 Å². The van der Waals surface area contributed by atoms with Gasteiger partial charge in [-0.1, -0.05) is 13.8 Å². The highest BCUT2D eigenvalue weighted by molar-refractivity contribution is 6.03. The molecule has 19 heavy (non-hydrogen) atoms. The number of hydrogen-bond donors (Lipinski definition) is 3. The second kappa shape index (κ2) is 5.05. The maximum atomic E-state index is 11.9. The van der Waals surface area contributed by atoms with Gasteiger partial charge in [0, 0.05) is 23.2 Å². The molecule has 2 heterocycles. The van der Waals surface area contributed by atoms with Crippen molar-refractivity contribution in [2.75, 3.05) is 5.32 Å². The molecule has 0 radical (unpaired) electrons. The summed E-state index contributed by atoms with van der Waals surface area (Å²) in [5, 5.41) is 9.18. The van der Waals surface area contributed by atoms with Crippen LogP contribution in [0, 0.1) is 6.92 Å². The molecule has 0 fully saturated rings. The lowest BCUT2D eigenvalue weighted by molar-refractivity contribution is 0.102. The SMILES string of the molecule is Cc1cc(C(=O)Nc2n[nH]c(C(C)C)n2)cc(=O)[nH]1. The van der Waals surface area contributed by atoms with Crippen molar-refractivity contribution in [3.63, 3.8) is 0 Å². The summed E-state index contributed by atoms with van der Waals surface area (Å²) in [6, 6.07) is 2.82. The molecule has 2 aromatic rings. The fourth-order valence-corrected chi connectivity index (χ4v) is 1.58. The van der Waals surface area contributed by atoms with Crippen molar-refractivity contribution in [3.8, 4) is 0 Å². The third-order valence-corrected chi connectivity index (χ3v) is 2.52. The van der Waals surface area contributed by atoms with Crippen molar-refractivity contribution in [1.29, 1.82) is 0 Å². The molecule has 7 heteroatoms. The van der Waals surface area contributed by atoms with E-state index >= 15 is 0 Å². The fraction of sp³-hybridized carbons (Fsp3) is 0.333. The first-order valence-electron chi connectivity index (χ1n) is 5.90. The van der Waals surface area contributed by atoms with Crippen LogP contribution in [-0.4, -0.2) is 26.1 Å². The monoisotopic (exact) mass is 261 g/mol. The Kier molecular flexibility index (Phi) is 3.46. The van der Waals surface area contributed by atoms with Crippen LogP contribution in [0.2, 0.25) is 0 Å². The van der Waals surface area contributed by atoms with Crippen LogP contribution in [-0.2, 0) is 0 Å². The highest BCUT2D eigenvalue weighted by Crippen LogP contribution is 2.10. The molecule has 0 unspecified atom stereocenters. The summed E-state index contributed by atoms with van der Waals surface area (Å²) < 4.78 is 0. The van der Waals surface area contributed by atoms with Crippen molar-refractivity contribution in [2.24, 2.45) is 0 Å². The van der Waals surface area contributed by atoms with Gasteiger partial charge in [-0.3, -0.25) is 20.0 Å². The minimum absolute atomic E-state index is 0.194. The van der Waals surface area contributed by atoms with E-state index in [0.717, 1.165) is 0 Å². The second-order valence-corrected chi connectivity index (χ2v) is 4.57. The molecule has 3 N–H and O–H groups in total. The van der Waals surface area contributed by atoms with Gasteiger partial charge in [0.2, 0.25) is 11.5 Å². The van der Waals surface area contributed by atoms with Gasteiger partial charge in [-0.25, -0.2) is 0 Å². The van der Waals surface area contributed by atoms with Crippen molar-refractivity contribution in [2.45, 2.75) is 26.7 Å². The van der Waals surface area contributed by atoms with Gasteiger partial charge in [0.1, 0.15) is 5.82 Å². The van der Waals surface area contributed by atoms with Crippen LogP contribution >= 0.6 is 0 Å². The number of aryl methyl sites for hydroxylation is 1. The Morgan fingerprint density at radius 2 is 2.11 bits per heavy atom. The average Bonchev–Trinajstić information content (AvgIpc) is 2.76. The minimum atomic E-state index is -0.413. The Hall–Kier alpha value is -2.44. The molecule has 1 amide bonds. The lowest BCUT2D eigenvalue weighted by atomic mass is 10.2. The van der Waals surface area contributed by atoms with Crippen LogP contribution in [0.25, 0.3) is 0 Å². The molecule has 0 aliphatic rings. The van der Waals surface area contributed by atoms with Gasteiger partial charge in [0.05, 0.1) is 0 Å². The topological polar surface area (TPSA) is 104 Å². The first-order chi connectivity index (χ1) is 8.95. The van der Waals surface area contributed by atoms with Gasteiger partial charge in [-0.05, 0) is 13.0 Å². The molecule has 0 aliphatic heterocycles. The van der Waals surface area contributed by atoms with E-state index in [2.05, 4.69) is 25.5 Å². The minimum Gasteiger partial charge on any atom is -0.326 e. The molecule has 0 bridgehead atoms. The molecule has 0 spiro atoms. The summed E-state index contributed by atoms with van der Waals surface area (Å²) in [5.74, 6) is 0.674. The van der Waals surface area contributed by atoms with Gasteiger partial charge in [0.15, 0.2) is 0 Å². The standard InChI is InChI=1S/C12H15N5O2/c1-6(2)10-14-12(17-16-10)15-11(19)8-4-7(3)13-9(18)5-8/h4-6H,1-3H3,(H,13,18)(H2,14,15,16,17,19). The summed E-state index contributed by atoms with van der Waals surface area (Å²) >= 11 is 0. The number of nitrogens with zero attached hydrogens (tertiary/aromatic N) is 2. The highest BCUT2D eigenvalue weighted by Gasteiger charge is 2.12. The molecule has 0 aliphatic carbocycles. The van der Waals surface area contributed by atoms with Crippen molar-refractivity contribution < 1.29 is 4.79 Å². The maximum absolute atomic E-state index is 11.9. The lowest BCUT2D eigenvalue weighted by Crippen LogP contribution is -2.17. The number of hydrogen-bond acceptors (Lipinski definition) is 4. The molecule has 100 valence electrons. The van der Waals surface area contributed by atoms with Crippen LogP contribution in [0.15, 0.2) is 16.9 Å². The van der Waals surface area contributed by atoms with Gasteiger partial charge in [-0.2, -0.15) is 4.98 Å². The summed E-state index contributed by atoms with van der Waals surface area (Å²) in [4.78, 5) is 29.9. The third-order valence-electron chi connectivity index (χ3n) is 2.52. The number of anilines is 1. The Morgan fingerprint density at radius 1 is 1.37 bits per heavy atom. The number of H-pyrrole nitrogens is 2. The van der Waals surface area contributed by atoms with E-state index in [-0.39, 0.29) is 23.0 Å². The smallest absolute Gasteiger partial charge is 0.258 e. The highest BCUT2D eigenvalue weighted by atomic mass is 16.2. The van der Waals surface area contributed by atoms with Crippen LogP contribution in [0.4, 0.5) is 5.95 Å². The number of carbonyl (C=O) groups is 1. The second-order valence-electron chi connectivity index (χ2n) is 4.57. The van der Waals surface area contributed by atoms with E-state index in [4.69, 9.17) is 0 Å². The van der Waals surface area contributed by atoms with E-state index in [1.807, 2.05) is 13.8 Å². The normalized spacial score (nSPS) is 10.7. The Morgan fingerprint density at radius 3 is 2.68 bits per heavy atom. The lowest BCUT2D eigenvalue weighted by Gasteiger charge is -2.01. The molecular weight excluding hydrogens is 246 g/mol. The van der Waals surface area contributed by atoms with E-state index < -0.39 is 5.91 Å². The molecule has 2 rings (SSSR count). The summed E-state index contributed by atoms with van der Waals surface area (Å²) in [5.41, 5.74) is 0.579. The van der Waals surface area contributed by atoms with Crippen molar-refractivity contribution in [3.05, 3.63) is 39.6 Å². The van der Waals surface area contributed by atoms with E-state index in [1.54, 1.807) is 13.0 Å². The molecule has 0 saturated carbocycles. The Labute approximate surface area is 109 Å². The maximum Gasteiger partial charge on any atom is 0.258 e. The zero-order valence-electron chi connectivity index (χ0n) is 10.9. The predicted molar refractivity (Wildman–Crippen MR) is 70.2 cm³/mol. The first kappa shape index (κ1) is 13.0. The van der Waals surface area contributed by atoms with Gasteiger partial charge in [0.25, 0.3) is 5.91 Å². The quantitative estimate of drug-likeness (QED) is 0.771. The first-order valence-corrected chi connectivity index (χ1v) is 5.90. The van der Waals surface area contributed by atoms with E-state index in [0.29, 0.717) is 11.5 Å². The number of nitrogens with one attached hydrogen (secondary N) is 3. The van der Waals surface area contributed by atoms with Gasteiger partial charge < -0.3 is 4.98 Å². The van der Waals surface area contributed by atoms with Crippen LogP contribution in [0.3, 0.4) is 0 Å². The number of rotatable bonds is 3.